The van der Waals surface area contributed by atoms with Crippen molar-refractivity contribution in [2.24, 2.45) is 0 Å². The van der Waals surface area contributed by atoms with Crippen molar-refractivity contribution in [3.63, 3.8) is 0 Å². The Morgan fingerprint density at radius 2 is 1.74 bits per heavy atom. The summed E-state index contributed by atoms with van der Waals surface area (Å²) < 4.78 is 36.7. The molecule has 0 unspecified atom stereocenters. The Kier molecular flexibility index (Phi) is 6.28. The van der Waals surface area contributed by atoms with E-state index in [1.54, 1.807) is 13.8 Å². The number of alkyl halides is 3. The Bertz CT molecular complexity index is 330. The van der Waals surface area contributed by atoms with Crippen molar-refractivity contribution in [1.29, 1.82) is 0 Å². The van der Waals surface area contributed by atoms with Crippen molar-refractivity contribution in [2.45, 2.75) is 38.9 Å². The van der Waals surface area contributed by atoms with Crippen molar-refractivity contribution in [3.05, 3.63) is 0 Å². The van der Waals surface area contributed by atoms with Crippen molar-refractivity contribution >= 4 is 11.9 Å². The molecule has 0 aromatic heterocycles. The summed E-state index contributed by atoms with van der Waals surface area (Å²) in [7, 11) is 0. The number of amides is 1. The van der Waals surface area contributed by atoms with E-state index in [2.05, 4.69) is 5.32 Å². The van der Waals surface area contributed by atoms with Crippen molar-refractivity contribution in [2.75, 3.05) is 19.6 Å². The smallest absolute Gasteiger partial charge is 0.401 e. The molecule has 0 heterocycles. The minimum Gasteiger partial charge on any atom is -0.480 e. The Morgan fingerprint density at radius 1 is 1.21 bits per heavy atom. The molecule has 5 nitrogen and oxygen atoms in total. The van der Waals surface area contributed by atoms with Crippen LogP contribution in [0.1, 0.15) is 27.2 Å². The highest BCUT2D eigenvalue weighted by molar-refractivity contribution is 5.79. The van der Waals surface area contributed by atoms with Crippen LogP contribution in [0.25, 0.3) is 0 Å². The quantitative estimate of drug-likeness (QED) is 0.738. The van der Waals surface area contributed by atoms with Gasteiger partial charge in [-0.2, -0.15) is 13.2 Å². The normalized spacial score (nSPS) is 12.6. The van der Waals surface area contributed by atoms with Crippen molar-refractivity contribution in [3.8, 4) is 0 Å². The second-order valence-corrected chi connectivity index (χ2v) is 4.94. The first-order valence-electron chi connectivity index (χ1n) is 5.77. The average molecular weight is 284 g/mol. The monoisotopic (exact) mass is 284 g/mol. The van der Waals surface area contributed by atoms with E-state index in [1.807, 2.05) is 6.92 Å². The zero-order valence-electron chi connectivity index (χ0n) is 11.2. The molecule has 19 heavy (non-hydrogen) atoms. The predicted molar refractivity (Wildman–Crippen MR) is 62.6 cm³/mol. The first kappa shape index (κ1) is 17.7. The van der Waals surface area contributed by atoms with Crippen LogP contribution in [0.3, 0.4) is 0 Å². The highest BCUT2D eigenvalue weighted by Gasteiger charge is 2.32. The van der Waals surface area contributed by atoms with E-state index < -0.39 is 43.2 Å². The zero-order valence-corrected chi connectivity index (χ0v) is 11.2. The van der Waals surface area contributed by atoms with E-state index in [4.69, 9.17) is 5.11 Å². The van der Waals surface area contributed by atoms with Crippen LogP contribution in [-0.2, 0) is 9.59 Å². The van der Waals surface area contributed by atoms with Gasteiger partial charge in [0.15, 0.2) is 0 Å². The fourth-order valence-corrected chi connectivity index (χ4v) is 1.32. The zero-order chi connectivity index (χ0) is 15.3. The molecule has 8 heteroatoms. The van der Waals surface area contributed by atoms with Crippen LogP contribution in [0.5, 0.6) is 0 Å². The Morgan fingerprint density at radius 3 is 2.11 bits per heavy atom. The maximum absolute atomic E-state index is 12.2. The maximum atomic E-state index is 12.2. The second-order valence-electron chi connectivity index (χ2n) is 4.94. The van der Waals surface area contributed by atoms with Crippen LogP contribution in [0.15, 0.2) is 0 Å². The van der Waals surface area contributed by atoms with E-state index in [1.165, 1.54) is 0 Å². The number of aliphatic carboxylic acids is 1. The summed E-state index contributed by atoms with van der Waals surface area (Å²) in [5.41, 5.74) is -0.537. The maximum Gasteiger partial charge on any atom is 0.401 e. The van der Waals surface area contributed by atoms with Gasteiger partial charge in [0, 0.05) is 5.54 Å². The average Bonchev–Trinajstić information content (AvgIpc) is 2.12. The molecule has 0 saturated heterocycles. The van der Waals surface area contributed by atoms with Crippen LogP contribution in [0.4, 0.5) is 13.2 Å². The van der Waals surface area contributed by atoms with Crippen molar-refractivity contribution in [1.82, 2.24) is 10.2 Å². The molecule has 0 aliphatic heterocycles. The van der Waals surface area contributed by atoms with Gasteiger partial charge in [0.05, 0.1) is 19.6 Å². The number of nitrogens with one attached hydrogen (secondary N) is 1. The fraction of sp³-hybridized carbons (Fsp3) is 0.818. The SMILES string of the molecule is CCC(C)(C)NC(=O)CN(CC(=O)O)CC(F)(F)F. The minimum absolute atomic E-state index is 0.537. The van der Waals surface area contributed by atoms with E-state index in [9.17, 15) is 22.8 Å². The van der Waals surface area contributed by atoms with E-state index in [0.717, 1.165) is 0 Å². The number of carbonyl (C=O) groups is 2. The lowest BCUT2D eigenvalue weighted by molar-refractivity contribution is -0.155. The van der Waals surface area contributed by atoms with Gasteiger partial charge < -0.3 is 10.4 Å². The molecule has 0 aliphatic rings. The van der Waals surface area contributed by atoms with E-state index >= 15 is 0 Å². The number of halogens is 3. The van der Waals surface area contributed by atoms with Crippen LogP contribution in [-0.4, -0.2) is 53.2 Å². The molecule has 0 aromatic rings. The number of carboxylic acid groups (broad SMARTS) is 1. The number of carboxylic acids is 1. The van der Waals surface area contributed by atoms with Crippen LogP contribution >= 0.6 is 0 Å². The molecule has 112 valence electrons. The Hall–Kier alpha value is -1.31. The summed E-state index contributed by atoms with van der Waals surface area (Å²) >= 11 is 0. The molecule has 0 atom stereocenters. The largest absolute Gasteiger partial charge is 0.480 e. The first-order chi connectivity index (χ1) is 8.45. The van der Waals surface area contributed by atoms with Gasteiger partial charge in [0.1, 0.15) is 0 Å². The number of hydrogen-bond acceptors (Lipinski definition) is 3. The number of hydrogen-bond donors (Lipinski definition) is 2. The summed E-state index contributed by atoms with van der Waals surface area (Å²) in [4.78, 5) is 22.6. The number of nitrogens with zero attached hydrogens (tertiary/aromatic N) is 1. The highest BCUT2D eigenvalue weighted by atomic mass is 19.4. The van der Waals surface area contributed by atoms with Gasteiger partial charge in [-0.25, -0.2) is 0 Å². The van der Waals surface area contributed by atoms with Crippen molar-refractivity contribution < 1.29 is 27.9 Å². The lowest BCUT2D eigenvalue weighted by Crippen LogP contribution is -2.49. The predicted octanol–water partition coefficient (Wildman–Crippen LogP) is 1.24. The topological polar surface area (TPSA) is 69.6 Å². The molecular formula is C11H19F3N2O3. The highest BCUT2D eigenvalue weighted by Crippen LogP contribution is 2.16. The summed E-state index contributed by atoms with van der Waals surface area (Å²) in [6, 6.07) is 0. The number of rotatable bonds is 7. The first-order valence-corrected chi connectivity index (χ1v) is 5.77. The van der Waals surface area contributed by atoms with Gasteiger partial charge in [-0.3, -0.25) is 14.5 Å². The molecule has 2 N–H and O–H groups in total. The second kappa shape index (κ2) is 6.74. The van der Waals surface area contributed by atoms with Gasteiger partial charge in [-0.05, 0) is 20.3 Å². The Labute approximate surface area is 109 Å². The molecule has 0 aromatic carbocycles. The Balaban J connectivity index is 4.55. The van der Waals surface area contributed by atoms with Crippen LogP contribution in [0, 0.1) is 0 Å². The summed E-state index contributed by atoms with van der Waals surface area (Å²) in [6.45, 7) is 2.42. The fourth-order valence-electron chi connectivity index (χ4n) is 1.32. The van der Waals surface area contributed by atoms with Gasteiger partial charge >= 0.3 is 12.1 Å². The number of carbonyl (C=O) groups excluding carboxylic acids is 1. The third-order valence-corrected chi connectivity index (χ3v) is 2.49. The summed E-state index contributed by atoms with van der Waals surface area (Å²) in [5.74, 6) is -2.04. The molecule has 0 radical (unpaired) electrons. The molecule has 0 aliphatic carbocycles. The molecule has 0 fully saturated rings. The van der Waals surface area contributed by atoms with Crippen LogP contribution < -0.4 is 5.32 Å². The summed E-state index contributed by atoms with van der Waals surface area (Å²) in [5, 5.41) is 11.1. The van der Waals surface area contributed by atoms with E-state index in [-0.39, 0.29) is 0 Å². The lowest BCUT2D eigenvalue weighted by atomic mass is 10.0. The third kappa shape index (κ3) is 9.29. The minimum atomic E-state index is -4.55. The van der Waals surface area contributed by atoms with Gasteiger partial charge in [0.2, 0.25) is 5.91 Å². The lowest BCUT2D eigenvalue weighted by Gasteiger charge is -2.27. The third-order valence-electron chi connectivity index (χ3n) is 2.49. The molecular weight excluding hydrogens is 265 g/mol. The molecule has 1 amide bonds. The van der Waals surface area contributed by atoms with Gasteiger partial charge in [-0.1, -0.05) is 6.92 Å². The van der Waals surface area contributed by atoms with Gasteiger partial charge in [-0.15, -0.1) is 0 Å². The van der Waals surface area contributed by atoms with E-state index in [0.29, 0.717) is 11.3 Å². The van der Waals surface area contributed by atoms with Gasteiger partial charge in [0.25, 0.3) is 0 Å². The standard InChI is InChI=1S/C11H19F3N2O3/c1-4-10(2,3)15-8(17)5-16(6-9(18)19)7-11(12,13)14/h4-7H2,1-3H3,(H,15,17)(H,18,19). The summed E-state index contributed by atoms with van der Waals surface area (Å²) in [6.07, 6.45) is -3.94. The molecule has 0 spiro atoms. The molecule has 0 bridgehead atoms. The molecule has 0 saturated carbocycles. The van der Waals surface area contributed by atoms with Crippen LogP contribution in [0.2, 0.25) is 0 Å². The molecule has 0 rings (SSSR count).